The van der Waals surface area contributed by atoms with E-state index in [0.29, 0.717) is 30.2 Å². The fourth-order valence-electron chi connectivity index (χ4n) is 1.67. The average Bonchev–Trinajstić information content (AvgIpc) is 2.88. The van der Waals surface area contributed by atoms with Crippen LogP contribution in [0.1, 0.15) is 12.1 Å². The number of amides is 1. The van der Waals surface area contributed by atoms with Crippen molar-refractivity contribution in [2.24, 2.45) is 5.73 Å². The number of oxazole rings is 1. The highest BCUT2D eigenvalue weighted by Crippen LogP contribution is 2.19. The molecule has 2 aromatic rings. The number of halogens is 1. The van der Waals surface area contributed by atoms with Crippen LogP contribution in [0.15, 0.2) is 34.9 Å². The van der Waals surface area contributed by atoms with Crippen LogP contribution in [0, 0.1) is 5.82 Å². The number of nitrogens with two attached hydrogens (primary N) is 1. The van der Waals surface area contributed by atoms with E-state index in [1.165, 1.54) is 18.4 Å². The van der Waals surface area contributed by atoms with E-state index in [2.05, 4.69) is 10.3 Å². The molecule has 0 atom stereocenters. The van der Waals surface area contributed by atoms with Crippen molar-refractivity contribution < 1.29 is 13.6 Å². The molecule has 1 aromatic carbocycles. The Kier molecular flexibility index (Phi) is 4.84. The minimum Gasteiger partial charge on any atom is -0.444 e. The lowest BCUT2D eigenvalue weighted by Crippen LogP contribution is -2.27. The van der Waals surface area contributed by atoms with Crippen LogP contribution in [0.3, 0.4) is 0 Å². The van der Waals surface area contributed by atoms with E-state index < -0.39 is 0 Å². The molecule has 0 saturated heterocycles. The maximum absolute atomic E-state index is 12.8. The Balaban J connectivity index is 1.95. The van der Waals surface area contributed by atoms with Crippen LogP contribution in [-0.2, 0) is 11.2 Å². The van der Waals surface area contributed by atoms with Crippen molar-refractivity contribution in [1.82, 2.24) is 10.3 Å². The molecule has 5 nitrogen and oxygen atoms in total. The zero-order chi connectivity index (χ0) is 14.4. The summed E-state index contributed by atoms with van der Waals surface area (Å²) < 4.78 is 18.1. The molecule has 1 amide bonds. The monoisotopic (exact) mass is 277 g/mol. The molecule has 2 rings (SSSR count). The summed E-state index contributed by atoms with van der Waals surface area (Å²) in [6.45, 7) is 1.09. The lowest BCUT2D eigenvalue weighted by atomic mass is 10.2. The topological polar surface area (TPSA) is 81.1 Å². The molecule has 1 heterocycles. The van der Waals surface area contributed by atoms with Crippen LogP contribution < -0.4 is 11.1 Å². The summed E-state index contributed by atoms with van der Waals surface area (Å²) >= 11 is 0. The minimum absolute atomic E-state index is 0.127. The second-order valence-electron chi connectivity index (χ2n) is 4.32. The van der Waals surface area contributed by atoms with Crippen LogP contribution in [-0.4, -0.2) is 24.0 Å². The van der Waals surface area contributed by atoms with Gasteiger partial charge in [0.2, 0.25) is 11.8 Å². The average molecular weight is 277 g/mol. The lowest BCUT2D eigenvalue weighted by Gasteiger charge is -2.01. The maximum atomic E-state index is 12.8. The fourth-order valence-corrected chi connectivity index (χ4v) is 1.67. The molecule has 0 aliphatic heterocycles. The highest BCUT2D eigenvalue weighted by molar-refractivity contribution is 5.78. The molecule has 0 saturated carbocycles. The Morgan fingerprint density at radius 2 is 2.10 bits per heavy atom. The van der Waals surface area contributed by atoms with Gasteiger partial charge in [-0.15, -0.1) is 0 Å². The molecule has 0 fully saturated rings. The van der Waals surface area contributed by atoms with Crippen molar-refractivity contribution in [2.45, 2.75) is 12.8 Å². The summed E-state index contributed by atoms with van der Waals surface area (Å²) in [5.41, 5.74) is 6.54. The van der Waals surface area contributed by atoms with Gasteiger partial charge in [0.15, 0.2) is 0 Å². The van der Waals surface area contributed by atoms with Gasteiger partial charge in [-0.25, -0.2) is 9.37 Å². The molecule has 3 N–H and O–H groups in total. The first-order chi connectivity index (χ1) is 9.69. The number of carbonyl (C=O) groups is 1. The number of nitrogens with zero attached hydrogens (tertiary/aromatic N) is 1. The van der Waals surface area contributed by atoms with Crippen molar-refractivity contribution in [3.05, 3.63) is 42.0 Å². The van der Waals surface area contributed by atoms with E-state index in [-0.39, 0.29) is 18.1 Å². The molecule has 6 heteroatoms. The molecule has 0 bridgehead atoms. The van der Waals surface area contributed by atoms with Gasteiger partial charge >= 0.3 is 0 Å². The van der Waals surface area contributed by atoms with E-state index in [1.807, 2.05) is 0 Å². The zero-order valence-corrected chi connectivity index (χ0v) is 10.9. The Morgan fingerprint density at radius 3 is 2.80 bits per heavy atom. The third-order valence-electron chi connectivity index (χ3n) is 2.69. The Hall–Kier alpha value is -2.21. The van der Waals surface area contributed by atoms with Gasteiger partial charge in [0, 0.05) is 12.1 Å². The molecule has 0 aliphatic rings. The number of nitrogens with one attached hydrogen (secondary N) is 1. The predicted octanol–water partition coefficient (Wildman–Crippen LogP) is 1.49. The third-order valence-corrected chi connectivity index (χ3v) is 2.69. The van der Waals surface area contributed by atoms with Crippen molar-refractivity contribution in [3.8, 4) is 11.5 Å². The van der Waals surface area contributed by atoms with E-state index >= 15 is 0 Å². The number of benzene rings is 1. The third kappa shape index (κ3) is 3.89. The molecule has 0 radical (unpaired) electrons. The number of carbonyl (C=O) groups excluding carboxylic acids is 1. The van der Waals surface area contributed by atoms with Crippen LogP contribution >= 0.6 is 0 Å². The van der Waals surface area contributed by atoms with Gasteiger partial charge in [-0.1, -0.05) is 0 Å². The first kappa shape index (κ1) is 14.2. The van der Waals surface area contributed by atoms with Crippen LogP contribution in [0.5, 0.6) is 0 Å². The lowest BCUT2D eigenvalue weighted by molar-refractivity contribution is -0.120. The van der Waals surface area contributed by atoms with Gasteiger partial charge in [0.1, 0.15) is 12.1 Å². The highest BCUT2D eigenvalue weighted by atomic mass is 19.1. The first-order valence-corrected chi connectivity index (χ1v) is 6.36. The number of hydrogen-bond acceptors (Lipinski definition) is 4. The summed E-state index contributed by atoms with van der Waals surface area (Å²) in [6.07, 6.45) is 2.32. The number of aromatic nitrogens is 1. The van der Waals surface area contributed by atoms with E-state index in [0.717, 1.165) is 6.42 Å². The van der Waals surface area contributed by atoms with E-state index in [9.17, 15) is 9.18 Å². The molecule has 106 valence electrons. The molecule has 0 spiro atoms. The SMILES string of the molecule is NCCCNC(=O)Cc1coc(-c2ccc(F)cc2)n1. The molecule has 20 heavy (non-hydrogen) atoms. The number of hydrogen-bond donors (Lipinski definition) is 2. The molecular weight excluding hydrogens is 261 g/mol. The number of rotatable bonds is 6. The Morgan fingerprint density at radius 1 is 1.35 bits per heavy atom. The van der Waals surface area contributed by atoms with Gasteiger partial charge in [0.05, 0.1) is 12.1 Å². The fraction of sp³-hybridized carbons (Fsp3) is 0.286. The zero-order valence-electron chi connectivity index (χ0n) is 10.9. The van der Waals surface area contributed by atoms with Gasteiger partial charge in [0.25, 0.3) is 0 Å². The van der Waals surface area contributed by atoms with Crippen LogP contribution in [0.4, 0.5) is 4.39 Å². The molecule has 0 aliphatic carbocycles. The Labute approximate surface area is 116 Å². The Bertz CT molecular complexity index is 566. The quantitative estimate of drug-likeness (QED) is 0.784. The summed E-state index contributed by atoms with van der Waals surface area (Å²) in [4.78, 5) is 15.8. The van der Waals surface area contributed by atoms with E-state index in [4.69, 9.17) is 10.2 Å². The van der Waals surface area contributed by atoms with Gasteiger partial charge in [-0.05, 0) is 37.2 Å². The molecule has 0 unspecified atom stereocenters. The molecular formula is C14H16FN3O2. The van der Waals surface area contributed by atoms with Gasteiger partial charge in [-0.2, -0.15) is 0 Å². The normalized spacial score (nSPS) is 10.5. The van der Waals surface area contributed by atoms with Gasteiger partial charge < -0.3 is 15.5 Å². The maximum Gasteiger partial charge on any atom is 0.226 e. The summed E-state index contributed by atoms with van der Waals surface area (Å²) in [7, 11) is 0. The second kappa shape index (κ2) is 6.81. The van der Waals surface area contributed by atoms with Crippen LogP contribution in [0.25, 0.3) is 11.5 Å². The van der Waals surface area contributed by atoms with Crippen molar-refractivity contribution in [1.29, 1.82) is 0 Å². The van der Waals surface area contributed by atoms with Crippen molar-refractivity contribution in [2.75, 3.05) is 13.1 Å². The van der Waals surface area contributed by atoms with Gasteiger partial charge in [-0.3, -0.25) is 4.79 Å². The van der Waals surface area contributed by atoms with E-state index in [1.54, 1.807) is 12.1 Å². The second-order valence-corrected chi connectivity index (χ2v) is 4.32. The van der Waals surface area contributed by atoms with Crippen LogP contribution in [0.2, 0.25) is 0 Å². The predicted molar refractivity (Wildman–Crippen MR) is 72.3 cm³/mol. The smallest absolute Gasteiger partial charge is 0.226 e. The van der Waals surface area contributed by atoms with Crippen molar-refractivity contribution in [3.63, 3.8) is 0 Å². The first-order valence-electron chi connectivity index (χ1n) is 6.36. The minimum atomic E-state index is -0.320. The largest absolute Gasteiger partial charge is 0.444 e. The summed E-state index contributed by atoms with van der Waals surface area (Å²) in [6, 6.07) is 5.82. The van der Waals surface area contributed by atoms with Crippen molar-refractivity contribution >= 4 is 5.91 Å². The highest BCUT2D eigenvalue weighted by Gasteiger charge is 2.10. The summed E-state index contributed by atoms with van der Waals surface area (Å²) in [5, 5.41) is 2.74. The summed E-state index contributed by atoms with van der Waals surface area (Å²) in [5.74, 6) is -0.0769. The molecule has 1 aromatic heterocycles. The standard InChI is InChI=1S/C14H16FN3O2/c15-11-4-2-10(3-5-11)14-18-12(9-20-14)8-13(19)17-7-1-6-16/h2-5,9H,1,6-8,16H2,(H,17,19).